The zero-order valence-corrected chi connectivity index (χ0v) is 12.6. The van der Waals surface area contributed by atoms with E-state index < -0.39 is 0 Å². The van der Waals surface area contributed by atoms with Crippen LogP contribution in [0, 0.1) is 5.92 Å². The highest BCUT2D eigenvalue weighted by molar-refractivity contribution is 9.10. The molecule has 1 aliphatic carbocycles. The van der Waals surface area contributed by atoms with Crippen LogP contribution < -0.4 is 0 Å². The fourth-order valence-electron chi connectivity index (χ4n) is 2.00. The van der Waals surface area contributed by atoms with Crippen molar-refractivity contribution in [1.82, 2.24) is 4.90 Å². The molecule has 98 valence electrons. The number of hydrogen-bond donors (Lipinski definition) is 0. The van der Waals surface area contributed by atoms with E-state index in [-0.39, 0.29) is 10.7 Å². The van der Waals surface area contributed by atoms with Crippen molar-refractivity contribution in [3.8, 4) is 0 Å². The minimum atomic E-state index is -0.0678. The Bertz CT molecular complexity index is 400. The summed E-state index contributed by atoms with van der Waals surface area (Å²) in [4.78, 5) is 14.4. The van der Waals surface area contributed by atoms with Crippen LogP contribution >= 0.6 is 15.9 Å². The molecule has 2 rings (SSSR count). The molecular weight excluding hydrogens is 290 g/mol. The van der Waals surface area contributed by atoms with Gasteiger partial charge in [-0.1, -0.05) is 60.1 Å². The summed E-state index contributed by atoms with van der Waals surface area (Å²) in [5, 5.41) is 0. The van der Waals surface area contributed by atoms with E-state index in [0.717, 1.165) is 19.4 Å². The Morgan fingerprint density at radius 3 is 2.44 bits per heavy atom. The van der Waals surface area contributed by atoms with Crippen LogP contribution in [0.15, 0.2) is 30.3 Å². The van der Waals surface area contributed by atoms with Crippen molar-refractivity contribution < 1.29 is 4.79 Å². The lowest BCUT2D eigenvalue weighted by Gasteiger charge is -2.26. The number of nitrogens with zero attached hydrogens (tertiary/aromatic N) is 1. The fourth-order valence-corrected chi connectivity index (χ4v) is 2.26. The summed E-state index contributed by atoms with van der Waals surface area (Å²) in [6.07, 6.45) is 2.30. The van der Waals surface area contributed by atoms with E-state index in [2.05, 4.69) is 41.9 Å². The minimum Gasteiger partial charge on any atom is -0.334 e. The summed E-state index contributed by atoms with van der Waals surface area (Å²) in [6.45, 7) is 4.88. The molecular formula is C15H20BrNO. The predicted octanol–water partition coefficient (Wildman–Crippen LogP) is 3.60. The van der Waals surface area contributed by atoms with Crippen LogP contribution in [0.1, 0.15) is 32.3 Å². The molecule has 1 atom stereocenters. The van der Waals surface area contributed by atoms with Gasteiger partial charge >= 0.3 is 0 Å². The van der Waals surface area contributed by atoms with Crippen LogP contribution in [0.2, 0.25) is 0 Å². The van der Waals surface area contributed by atoms with E-state index in [0.29, 0.717) is 12.0 Å². The highest BCUT2D eigenvalue weighted by Gasteiger charge is 2.35. The van der Waals surface area contributed by atoms with Gasteiger partial charge in [-0.3, -0.25) is 4.79 Å². The number of amides is 1. The number of carbonyl (C=O) groups is 1. The van der Waals surface area contributed by atoms with Gasteiger partial charge in [0.2, 0.25) is 5.91 Å². The van der Waals surface area contributed by atoms with Gasteiger partial charge in [0.05, 0.1) is 4.83 Å². The third-order valence-corrected chi connectivity index (χ3v) is 4.74. The van der Waals surface area contributed by atoms with Crippen molar-refractivity contribution in [3.63, 3.8) is 0 Å². The van der Waals surface area contributed by atoms with Crippen LogP contribution in [0.3, 0.4) is 0 Å². The van der Waals surface area contributed by atoms with Crippen molar-refractivity contribution in [1.29, 1.82) is 0 Å². The van der Waals surface area contributed by atoms with Crippen molar-refractivity contribution >= 4 is 21.8 Å². The molecule has 1 amide bonds. The van der Waals surface area contributed by atoms with Gasteiger partial charge in [-0.25, -0.2) is 0 Å². The molecule has 1 saturated carbocycles. The molecule has 0 spiro atoms. The summed E-state index contributed by atoms with van der Waals surface area (Å²) >= 11 is 3.53. The molecule has 0 saturated heterocycles. The second kappa shape index (κ2) is 5.87. The van der Waals surface area contributed by atoms with Gasteiger partial charge in [0.25, 0.3) is 0 Å². The van der Waals surface area contributed by atoms with E-state index in [9.17, 15) is 4.79 Å². The molecule has 1 fully saturated rings. The first-order valence-electron chi connectivity index (χ1n) is 6.58. The standard InChI is InChI=1S/C15H20BrNO/c1-11(2)14(16)15(18)17(13-8-9-13)10-12-6-4-3-5-7-12/h3-7,11,13-14H,8-10H2,1-2H3. The smallest absolute Gasteiger partial charge is 0.237 e. The molecule has 0 radical (unpaired) electrons. The summed E-state index contributed by atoms with van der Waals surface area (Å²) in [5.74, 6) is 0.561. The van der Waals surface area contributed by atoms with Crippen LogP contribution in [0.4, 0.5) is 0 Å². The zero-order valence-electron chi connectivity index (χ0n) is 11.0. The molecule has 1 aromatic rings. The van der Waals surface area contributed by atoms with Crippen LogP contribution in [-0.4, -0.2) is 21.7 Å². The van der Waals surface area contributed by atoms with Gasteiger partial charge in [-0.15, -0.1) is 0 Å². The second-order valence-corrected chi connectivity index (χ2v) is 6.32. The monoisotopic (exact) mass is 309 g/mol. The number of hydrogen-bond acceptors (Lipinski definition) is 1. The molecule has 0 aliphatic heterocycles. The number of alkyl halides is 1. The van der Waals surface area contributed by atoms with Crippen molar-refractivity contribution in [2.45, 2.75) is 44.1 Å². The first kappa shape index (κ1) is 13.6. The van der Waals surface area contributed by atoms with Gasteiger partial charge in [-0.2, -0.15) is 0 Å². The zero-order chi connectivity index (χ0) is 13.1. The Kier molecular flexibility index (Phi) is 4.44. The summed E-state index contributed by atoms with van der Waals surface area (Å²) in [5.41, 5.74) is 1.21. The maximum absolute atomic E-state index is 12.4. The maximum atomic E-state index is 12.4. The topological polar surface area (TPSA) is 20.3 Å². The number of benzene rings is 1. The van der Waals surface area contributed by atoms with Gasteiger partial charge in [0.1, 0.15) is 0 Å². The molecule has 1 aliphatic rings. The number of carbonyl (C=O) groups excluding carboxylic acids is 1. The molecule has 0 aromatic heterocycles. The predicted molar refractivity (Wildman–Crippen MR) is 77.6 cm³/mol. The molecule has 0 bridgehead atoms. The lowest BCUT2D eigenvalue weighted by atomic mass is 10.1. The Labute approximate surface area is 117 Å². The average Bonchev–Trinajstić information content (AvgIpc) is 3.19. The molecule has 0 heterocycles. The minimum absolute atomic E-state index is 0.0678. The number of rotatable bonds is 5. The molecule has 1 aromatic carbocycles. The lowest BCUT2D eigenvalue weighted by Crippen LogP contribution is -2.39. The highest BCUT2D eigenvalue weighted by Crippen LogP contribution is 2.30. The largest absolute Gasteiger partial charge is 0.334 e. The normalized spacial score (nSPS) is 16.7. The summed E-state index contributed by atoms with van der Waals surface area (Å²) < 4.78 is 0. The van der Waals surface area contributed by atoms with Crippen molar-refractivity contribution in [2.75, 3.05) is 0 Å². The Morgan fingerprint density at radius 2 is 1.94 bits per heavy atom. The third kappa shape index (κ3) is 3.35. The molecule has 18 heavy (non-hydrogen) atoms. The van der Waals surface area contributed by atoms with Crippen molar-refractivity contribution in [2.24, 2.45) is 5.92 Å². The summed E-state index contributed by atoms with van der Waals surface area (Å²) in [6, 6.07) is 10.7. The van der Waals surface area contributed by atoms with Gasteiger partial charge in [0.15, 0.2) is 0 Å². The van der Waals surface area contributed by atoms with E-state index in [1.807, 2.05) is 23.1 Å². The van der Waals surface area contributed by atoms with Gasteiger partial charge < -0.3 is 4.90 Å². The molecule has 2 nitrogen and oxygen atoms in total. The van der Waals surface area contributed by atoms with E-state index >= 15 is 0 Å². The molecule has 0 N–H and O–H groups in total. The molecule has 3 heteroatoms. The molecule has 1 unspecified atom stereocenters. The lowest BCUT2D eigenvalue weighted by molar-refractivity contribution is -0.132. The first-order valence-corrected chi connectivity index (χ1v) is 7.49. The van der Waals surface area contributed by atoms with Crippen molar-refractivity contribution in [3.05, 3.63) is 35.9 Å². The van der Waals surface area contributed by atoms with Gasteiger partial charge in [0, 0.05) is 12.6 Å². The first-order chi connectivity index (χ1) is 8.59. The Hall–Kier alpha value is -0.830. The van der Waals surface area contributed by atoms with E-state index in [1.54, 1.807) is 0 Å². The van der Waals surface area contributed by atoms with E-state index in [4.69, 9.17) is 0 Å². The maximum Gasteiger partial charge on any atom is 0.237 e. The second-order valence-electron chi connectivity index (χ2n) is 5.33. The number of halogens is 1. The van der Waals surface area contributed by atoms with Crippen LogP contribution in [-0.2, 0) is 11.3 Å². The van der Waals surface area contributed by atoms with Crippen LogP contribution in [0.25, 0.3) is 0 Å². The third-order valence-electron chi connectivity index (χ3n) is 3.29. The van der Waals surface area contributed by atoms with E-state index in [1.165, 1.54) is 5.56 Å². The average molecular weight is 310 g/mol. The summed E-state index contributed by atoms with van der Waals surface area (Å²) in [7, 11) is 0. The highest BCUT2D eigenvalue weighted by atomic mass is 79.9. The Balaban J connectivity index is 2.07. The SMILES string of the molecule is CC(C)C(Br)C(=O)N(Cc1ccccc1)C1CC1. The Morgan fingerprint density at radius 1 is 1.33 bits per heavy atom. The quantitative estimate of drug-likeness (QED) is 0.761. The van der Waals surface area contributed by atoms with Gasteiger partial charge in [-0.05, 0) is 24.3 Å². The fraction of sp³-hybridized carbons (Fsp3) is 0.533. The van der Waals surface area contributed by atoms with Crippen LogP contribution in [0.5, 0.6) is 0 Å².